The minimum Gasteiger partial charge on any atom is -0.382 e. The van der Waals surface area contributed by atoms with Gasteiger partial charge in [-0.05, 0) is 39.7 Å². The van der Waals surface area contributed by atoms with Gasteiger partial charge in [-0.3, -0.25) is 0 Å². The lowest BCUT2D eigenvalue weighted by atomic mass is 10.3. The predicted octanol–water partition coefficient (Wildman–Crippen LogP) is 2.21. The van der Waals surface area contributed by atoms with E-state index < -0.39 is 0 Å². The van der Waals surface area contributed by atoms with Crippen LogP contribution in [0, 0.1) is 0 Å². The molecule has 3 heteroatoms. The normalized spacial score (nSPS) is 13.0. The van der Waals surface area contributed by atoms with Crippen LogP contribution in [0.1, 0.15) is 40.0 Å². The first-order chi connectivity index (χ1) is 7.31. The molecule has 0 aromatic heterocycles. The Morgan fingerprint density at radius 2 is 1.87 bits per heavy atom. The first kappa shape index (κ1) is 14.9. The van der Waals surface area contributed by atoms with Gasteiger partial charge in [0, 0.05) is 19.8 Å². The molecule has 0 spiro atoms. The van der Waals surface area contributed by atoms with E-state index in [0.29, 0.717) is 6.10 Å². The number of nitrogens with one attached hydrogen (secondary N) is 1. The summed E-state index contributed by atoms with van der Waals surface area (Å²) in [7, 11) is 0. The molecule has 0 aromatic carbocycles. The van der Waals surface area contributed by atoms with Crippen molar-refractivity contribution in [2.75, 3.05) is 32.9 Å². The average Bonchev–Trinajstić information content (AvgIpc) is 2.26. The molecule has 1 unspecified atom stereocenters. The van der Waals surface area contributed by atoms with Gasteiger partial charge < -0.3 is 14.8 Å². The van der Waals surface area contributed by atoms with Crippen LogP contribution < -0.4 is 5.32 Å². The fourth-order valence-electron chi connectivity index (χ4n) is 1.17. The van der Waals surface area contributed by atoms with Crippen molar-refractivity contribution in [2.45, 2.75) is 46.1 Å². The summed E-state index contributed by atoms with van der Waals surface area (Å²) in [6.45, 7) is 10.9. The van der Waals surface area contributed by atoms with Crippen molar-refractivity contribution in [3.05, 3.63) is 0 Å². The molecule has 0 fully saturated rings. The van der Waals surface area contributed by atoms with Crippen molar-refractivity contribution in [1.29, 1.82) is 0 Å². The van der Waals surface area contributed by atoms with Gasteiger partial charge in [-0.15, -0.1) is 0 Å². The second-order valence-electron chi connectivity index (χ2n) is 3.74. The summed E-state index contributed by atoms with van der Waals surface area (Å²) < 4.78 is 10.8. The summed E-state index contributed by atoms with van der Waals surface area (Å²) in [6.07, 6.45) is 3.81. The van der Waals surface area contributed by atoms with Crippen LogP contribution in [0.5, 0.6) is 0 Å². The van der Waals surface area contributed by atoms with Gasteiger partial charge in [-0.25, -0.2) is 0 Å². The topological polar surface area (TPSA) is 30.5 Å². The Kier molecular flexibility index (Phi) is 11.9. The fraction of sp³-hybridized carbons (Fsp3) is 1.00. The van der Waals surface area contributed by atoms with Gasteiger partial charge in [0.15, 0.2) is 0 Å². The molecular formula is C12H27NO2. The lowest BCUT2D eigenvalue weighted by Gasteiger charge is -2.10. The van der Waals surface area contributed by atoms with Crippen LogP contribution in [-0.4, -0.2) is 39.0 Å². The molecule has 92 valence electrons. The van der Waals surface area contributed by atoms with Gasteiger partial charge in [0.2, 0.25) is 0 Å². The lowest BCUT2D eigenvalue weighted by Crippen LogP contribution is -2.23. The van der Waals surface area contributed by atoms with Crippen LogP contribution in [0.25, 0.3) is 0 Å². The highest BCUT2D eigenvalue weighted by Gasteiger charge is 1.96. The van der Waals surface area contributed by atoms with Crippen molar-refractivity contribution < 1.29 is 9.47 Å². The van der Waals surface area contributed by atoms with Crippen LogP contribution in [-0.2, 0) is 9.47 Å². The minimum atomic E-state index is 0.393. The van der Waals surface area contributed by atoms with Crippen LogP contribution in [0.15, 0.2) is 0 Å². The summed E-state index contributed by atoms with van der Waals surface area (Å²) in [5, 5.41) is 3.36. The smallest absolute Gasteiger partial charge is 0.0594 e. The minimum absolute atomic E-state index is 0.393. The van der Waals surface area contributed by atoms with E-state index in [4.69, 9.17) is 9.47 Å². The van der Waals surface area contributed by atoms with Crippen molar-refractivity contribution in [2.24, 2.45) is 0 Å². The lowest BCUT2D eigenvalue weighted by molar-refractivity contribution is 0.0655. The van der Waals surface area contributed by atoms with Crippen molar-refractivity contribution >= 4 is 0 Å². The van der Waals surface area contributed by atoms with Gasteiger partial charge in [0.05, 0.1) is 12.7 Å². The molecule has 0 aliphatic heterocycles. The SMILES string of the molecule is CCOCCCCNCCOC(C)CC. The zero-order valence-electron chi connectivity index (χ0n) is 10.6. The predicted molar refractivity (Wildman–Crippen MR) is 64.3 cm³/mol. The quantitative estimate of drug-likeness (QED) is 0.538. The number of ether oxygens (including phenoxy) is 2. The Morgan fingerprint density at radius 3 is 2.53 bits per heavy atom. The highest BCUT2D eigenvalue weighted by molar-refractivity contribution is 4.49. The van der Waals surface area contributed by atoms with Crippen LogP contribution in [0.3, 0.4) is 0 Å². The number of rotatable bonds is 11. The molecule has 1 atom stereocenters. The molecule has 0 aliphatic rings. The van der Waals surface area contributed by atoms with Crippen molar-refractivity contribution in [3.8, 4) is 0 Å². The Hall–Kier alpha value is -0.120. The number of hydrogen-bond donors (Lipinski definition) is 1. The zero-order valence-corrected chi connectivity index (χ0v) is 10.6. The maximum Gasteiger partial charge on any atom is 0.0594 e. The molecule has 0 saturated carbocycles. The Bertz CT molecular complexity index is 120. The van der Waals surface area contributed by atoms with Crippen molar-refractivity contribution in [3.63, 3.8) is 0 Å². The second kappa shape index (κ2) is 12.0. The highest BCUT2D eigenvalue weighted by Crippen LogP contribution is 1.94. The van der Waals surface area contributed by atoms with E-state index in [1.807, 2.05) is 6.92 Å². The van der Waals surface area contributed by atoms with E-state index in [1.54, 1.807) is 0 Å². The summed E-state index contributed by atoms with van der Waals surface area (Å²) >= 11 is 0. The molecule has 3 nitrogen and oxygen atoms in total. The van der Waals surface area contributed by atoms with Crippen molar-refractivity contribution in [1.82, 2.24) is 5.32 Å². The van der Waals surface area contributed by atoms with E-state index in [-0.39, 0.29) is 0 Å². The summed E-state index contributed by atoms with van der Waals surface area (Å²) in [5.41, 5.74) is 0. The summed E-state index contributed by atoms with van der Waals surface area (Å²) in [6, 6.07) is 0. The van der Waals surface area contributed by atoms with E-state index in [2.05, 4.69) is 19.2 Å². The van der Waals surface area contributed by atoms with Gasteiger partial charge in [0.25, 0.3) is 0 Å². The fourth-order valence-corrected chi connectivity index (χ4v) is 1.17. The third kappa shape index (κ3) is 11.8. The van der Waals surface area contributed by atoms with E-state index in [9.17, 15) is 0 Å². The number of unbranched alkanes of at least 4 members (excludes halogenated alkanes) is 1. The van der Waals surface area contributed by atoms with E-state index in [1.165, 1.54) is 6.42 Å². The molecule has 15 heavy (non-hydrogen) atoms. The maximum atomic E-state index is 5.55. The maximum absolute atomic E-state index is 5.55. The van der Waals surface area contributed by atoms with Gasteiger partial charge in [-0.1, -0.05) is 6.92 Å². The molecule has 0 radical (unpaired) electrons. The summed E-state index contributed by atoms with van der Waals surface area (Å²) in [4.78, 5) is 0. The molecule has 0 aliphatic carbocycles. The molecule has 0 bridgehead atoms. The van der Waals surface area contributed by atoms with Crippen LogP contribution in [0.2, 0.25) is 0 Å². The van der Waals surface area contributed by atoms with Gasteiger partial charge in [0.1, 0.15) is 0 Å². The average molecular weight is 217 g/mol. The largest absolute Gasteiger partial charge is 0.382 e. The number of hydrogen-bond acceptors (Lipinski definition) is 3. The Balaban J connectivity index is 2.92. The van der Waals surface area contributed by atoms with Crippen LogP contribution >= 0.6 is 0 Å². The molecule has 0 heterocycles. The molecular weight excluding hydrogens is 190 g/mol. The first-order valence-electron chi connectivity index (χ1n) is 6.21. The monoisotopic (exact) mass is 217 g/mol. The second-order valence-corrected chi connectivity index (χ2v) is 3.74. The van der Waals surface area contributed by atoms with Gasteiger partial charge in [-0.2, -0.15) is 0 Å². The molecule has 0 rings (SSSR count). The third-order valence-corrected chi connectivity index (χ3v) is 2.35. The molecule has 0 amide bonds. The van der Waals surface area contributed by atoms with Crippen LogP contribution in [0.4, 0.5) is 0 Å². The molecule has 0 saturated heterocycles. The van der Waals surface area contributed by atoms with Gasteiger partial charge >= 0.3 is 0 Å². The standard InChI is InChI=1S/C12H27NO2/c1-4-12(3)15-11-9-13-8-6-7-10-14-5-2/h12-13H,4-11H2,1-3H3. The van der Waals surface area contributed by atoms with E-state index in [0.717, 1.165) is 45.8 Å². The Labute approximate surface area is 94.5 Å². The zero-order chi connectivity index (χ0) is 11.4. The first-order valence-corrected chi connectivity index (χ1v) is 6.21. The summed E-state index contributed by atoms with van der Waals surface area (Å²) in [5.74, 6) is 0. The molecule has 1 N–H and O–H groups in total. The highest BCUT2D eigenvalue weighted by atomic mass is 16.5. The van der Waals surface area contributed by atoms with E-state index >= 15 is 0 Å². The Morgan fingerprint density at radius 1 is 1.07 bits per heavy atom. The molecule has 0 aromatic rings. The third-order valence-electron chi connectivity index (χ3n) is 2.35.